The molecule has 14 heteroatoms. The zero-order valence-corrected chi connectivity index (χ0v) is 41.9. The van der Waals surface area contributed by atoms with Crippen molar-refractivity contribution < 1.29 is 58.7 Å². The average molecular weight is 903 g/mol. The van der Waals surface area contributed by atoms with E-state index in [9.17, 15) is 30.3 Å². The van der Waals surface area contributed by atoms with Crippen LogP contribution >= 0.6 is 0 Å². The Morgan fingerprint density at radius 3 is 1.94 bits per heavy atom. The van der Waals surface area contributed by atoms with Gasteiger partial charge in [0.1, 0.15) is 23.9 Å². The fraction of sp³-hybridized carbons (Fsp3) is 0.980. The highest BCUT2D eigenvalue weighted by atomic mass is 16.7. The first-order valence-electron chi connectivity index (χ1n) is 24.7. The molecule has 0 radical (unpaired) electrons. The van der Waals surface area contributed by atoms with Gasteiger partial charge >= 0.3 is 5.97 Å². The molecule has 6 N–H and O–H groups in total. The van der Waals surface area contributed by atoms with Crippen molar-refractivity contribution in [2.24, 2.45) is 23.7 Å². The number of ether oxygens (including phenoxy) is 6. The fourth-order valence-electron chi connectivity index (χ4n) is 10.9. The molecule has 0 aromatic heterocycles. The molecule has 0 spiro atoms. The summed E-state index contributed by atoms with van der Waals surface area (Å²) in [5.41, 5.74) is -4.48. The monoisotopic (exact) mass is 903 g/mol. The van der Waals surface area contributed by atoms with Gasteiger partial charge in [0.25, 0.3) is 0 Å². The van der Waals surface area contributed by atoms with E-state index in [1.54, 1.807) is 27.7 Å². The van der Waals surface area contributed by atoms with Gasteiger partial charge in [-0.3, -0.25) is 4.79 Å². The van der Waals surface area contributed by atoms with Gasteiger partial charge < -0.3 is 64.2 Å². The third-order valence-corrected chi connectivity index (χ3v) is 15.0. The van der Waals surface area contributed by atoms with Crippen LogP contribution in [0.1, 0.15) is 166 Å². The number of hydrogen-bond acceptors (Lipinski definition) is 14. The quantitative estimate of drug-likeness (QED) is 0.0645. The molecule has 0 bridgehead atoms. The summed E-state index contributed by atoms with van der Waals surface area (Å²) in [7, 11) is 5.32. The van der Waals surface area contributed by atoms with E-state index in [2.05, 4.69) is 12.2 Å². The minimum atomic E-state index is -1.83. The van der Waals surface area contributed by atoms with Gasteiger partial charge in [-0.25, -0.2) is 0 Å². The van der Waals surface area contributed by atoms with E-state index in [0.29, 0.717) is 13.0 Å². The number of methoxy groups -OCH3 is 1. The molecule has 3 saturated heterocycles. The summed E-state index contributed by atoms with van der Waals surface area (Å²) >= 11 is 0. The van der Waals surface area contributed by atoms with Gasteiger partial charge in [0.15, 0.2) is 12.6 Å². The van der Waals surface area contributed by atoms with E-state index in [0.717, 1.165) is 19.3 Å². The fourth-order valence-corrected chi connectivity index (χ4v) is 10.9. The van der Waals surface area contributed by atoms with E-state index < -0.39 is 95.8 Å². The molecule has 19 atom stereocenters. The molecule has 3 rings (SSSR count). The van der Waals surface area contributed by atoms with E-state index in [4.69, 9.17) is 28.4 Å². The van der Waals surface area contributed by atoms with Gasteiger partial charge in [-0.2, -0.15) is 0 Å². The Balaban J connectivity index is 2.07. The van der Waals surface area contributed by atoms with Crippen molar-refractivity contribution in [2.45, 2.75) is 256 Å². The lowest BCUT2D eigenvalue weighted by molar-refractivity contribution is -0.318. The van der Waals surface area contributed by atoms with Crippen molar-refractivity contribution in [1.82, 2.24) is 10.2 Å². The molecule has 0 saturated carbocycles. The van der Waals surface area contributed by atoms with E-state index >= 15 is 0 Å². The van der Waals surface area contributed by atoms with Crippen molar-refractivity contribution in [2.75, 3.05) is 27.7 Å². The van der Waals surface area contributed by atoms with Crippen LogP contribution < -0.4 is 5.32 Å². The summed E-state index contributed by atoms with van der Waals surface area (Å²) in [6.07, 6.45) is 3.69. The second-order valence-electron chi connectivity index (χ2n) is 20.9. The molecular formula is C49H94N2O12. The Kier molecular flexibility index (Phi) is 22.7. The molecular weight excluding hydrogens is 809 g/mol. The Labute approximate surface area is 381 Å². The summed E-state index contributed by atoms with van der Waals surface area (Å²) in [5.74, 6) is -3.25. The van der Waals surface area contributed by atoms with Crippen LogP contribution in [0.5, 0.6) is 0 Å². The summed E-state index contributed by atoms with van der Waals surface area (Å²) < 4.78 is 38.2. The lowest BCUT2D eigenvalue weighted by Gasteiger charge is -2.49. The molecule has 0 amide bonds. The zero-order chi connectivity index (χ0) is 47.4. The van der Waals surface area contributed by atoms with Crippen LogP contribution in [-0.4, -0.2) is 154 Å². The molecule has 8 unspecified atom stereocenters. The first kappa shape index (κ1) is 56.3. The lowest BCUT2D eigenvalue weighted by atomic mass is 9.72. The van der Waals surface area contributed by atoms with Crippen molar-refractivity contribution in [3.05, 3.63) is 0 Å². The molecule has 63 heavy (non-hydrogen) atoms. The third kappa shape index (κ3) is 15.0. The number of nitrogens with one attached hydrogen (secondary N) is 1. The van der Waals surface area contributed by atoms with Crippen LogP contribution in [0.4, 0.5) is 0 Å². The van der Waals surface area contributed by atoms with Crippen LogP contribution in [0.2, 0.25) is 0 Å². The van der Waals surface area contributed by atoms with Crippen LogP contribution in [0.3, 0.4) is 0 Å². The Morgan fingerprint density at radius 2 is 1.38 bits per heavy atom. The maximum Gasteiger partial charge on any atom is 0.311 e. The van der Waals surface area contributed by atoms with Crippen LogP contribution in [0.25, 0.3) is 0 Å². The molecule has 0 aromatic carbocycles. The standard InChI is InChI=1S/C49H94N2O12/c1-15-17-18-19-20-21-22-23-24-25-26-50-39-30(3)28-47(9,56)44(63-46-40(52)36(51(12)13)27-31(4)59-46)33(6)41(62-38-29-48(10,58-14)43(54)35(8)60-38)34(7)45(55)61-37(16-2)49(11,57)42(53)32(39)5/h30-44,46,50,52-54,56-57H,15-29H2,1-14H3/t30-,31?,32+,33+,34-,35?,36?,37-,38?,39+,40?,41+,42-,43?,44-,46?,47-,48?,49-/m1/s1. The highest BCUT2D eigenvalue weighted by Gasteiger charge is 2.53. The number of hydrogen-bond donors (Lipinski definition) is 6. The number of aliphatic hydroxyl groups is 5. The van der Waals surface area contributed by atoms with Crippen LogP contribution in [0.15, 0.2) is 0 Å². The number of carbonyl (C=O) groups is 1. The largest absolute Gasteiger partial charge is 0.459 e. The highest BCUT2D eigenvalue weighted by molar-refractivity contribution is 5.73. The minimum Gasteiger partial charge on any atom is -0.459 e. The number of esters is 1. The molecule has 3 heterocycles. The molecule has 14 nitrogen and oxygen atoms in total. The Hall–Kier alpha value is -1.01. The second kappa shape index (κ2) is 25.4. The van der Waals surface area contributed by atoms with Crippen LogP contribution in [0, 0.1) is 23.7 Å². The first-order valence-corrected chi connectivity index (χ1v) is 24.7. The summed E-state index contributed by atoms with van der Waals surface area (Å²) in [6.45, 7) is 20.9. The summed E-state index contributed by atoms with van der Waals surface area (Å²) in [6, 6.07) is -0.660. The number of rotatable bonds is 19. The lowest BCUT2D eigenvalue weighted by Crippen LogP contribution is -2.62. The molecule has 372 valence electrons. The predicted octanol–water partition coefficient (Wildman–Crippen LogP) is 6.10. The number of cyclic esters (lactones) is 1. The van der Waals surface area contributed by atoms with Gasteiger partial charge in [-0.05, 0) is 93.8 Å². The molecule has 3 aliphatic rings. The second-order valence-corrected chi connectivity index (χ2v) is 20.9. The number of aliphatic hydroxyl groups excluding tert-OH is 3. The van der Waals surface area contributed by atoms with Gasteiger partial charge in [0.05, 0.1) is 47.6 Å². The number of likely N-dealkylation sites (N-methyl/N-ethyl adjacent to an activating group) is 1. The molecule has 3 aliphatic heterocycles. The Morgan fingerprint density at radius 1 is 0.794 bits per heavy atom. The number of unbranched alkanes of at least 4 members (excludes halogenated alkanes) is 9. The van der Waals surface area contributed by atoms with E-state index in [1.807, 2.05) is 53.6 Å². The first-order chi connectivity index (χ1) is 29.5. The number of carbonyl (C=O) groups excluding carboxylic acids is 1. The van der Waals surface area contributed by atoms with Crippen LogP contribution in [-0.2, 0) is 33.2 Å². The smallest absolute Gasteiger partial charge is 0.311 e. The van der Waals surface area contributed by atoms with Crippen molar-refractivity contribution in [3.8, 4) is 0 Å². The average Bonchev–Trinajstić information content (AvgIpc) is 3.22. The SMILES string of the molecule is CCCCCCCCCCCCN[C@@H]1[C@H](C)[C@@H](O)[C@](C)(O)[C@@H](CC)OC(=O)[C@H](C)[C@@H](OC2CC(C)(OC)C(O)C(C)O2)[C@H](C)[C@@H](OC2OC(C)CC(N(C)C)C2O)[C@](C)(O)C[C@H]1C. The van der Waals surface area contributed by atoms with E-state index in [1.165, 1.54) is 59.0 Å². The topological polar surface area (TPSA) is 189 Å². The Bertz CT molecular complexity index is 1320. The van der Waals surface area contributed by atoms with Gasteiger partial charge in [-0.1, -0.05) is 92.4 Å². The van der Waals surface area contributed by atoms with Crippen molar-refractivity contribution >= 4 is 5.97 Å². The van der Waals surface area contributed by atoms with Gasteiger partial charge in [0, 0.05) is 37.5 Å². The van der Waals surface area contributed by atoms with Gasteiger partial charge in [-0.15, -0.1) is 0 Å². The van der Waals surface area contributed by atoms with Crippen molar-refractivity contribution in [1.29, 1.82) is 0 Å². The summed E-state index contributed by atoms with van der Waals surface area (Å²) in [5, 5.41) is 63.7. The van der Waals surface area contributed by atoms with E-state index in [-0.39, 0.29) is 43.4 Å². The van der Waals surface area contributed by atoms with Gasteiger partial charge in [0.2, 0.25) is 0 Å². The number of nitrogens with zero attached hydrogens (tertiary/aromatic N) is 1. The predicted molar refractivity (Wildman–Crippen MR) is 245 cm³/mol. The molecule has 0 aliphatic carbocycles. The highest BCUT2D eigenvalue weighted by Crippen LogP contribution is 2.41. The maximum absolute atomic E-state index is 14.5. The van der Waals surface area contributed by atoms with Crippen molar-refractivity contribution in [3.63, 3.8) is 0 Å². The molecule has 3 fully saturated rings. The maximum atomic E-state index is 14.5. The third-order valence-electron chi connectivity index (χ3n) is 15.0. The minimum absolute atomic E-state index is 0.133. The molecule has 0 aromatic rings. The normalized spacial score (nSPS) is 43.7. The summed E-state index contributed by atoms with van der Waals surface area (Å²) in [4.78, 5) is 16.4. The zero-order valence-electron chi connectivity index (χ0n) is 41.9.